The van der Waals surface area contributed by atoms with E-state index in [9.17, 15) is 0 Å². The third-order valence-electron chi connectivity index (χ3n) is 4.46. The van der Waals surface area contributed by atoms with E-state index >= 15 is 0 Å². The molecule has 0 unspecified atom stereocenters. The zero-order chi connectivity index (χ0) is 17.2. The molecule has 0 aliphatic carbocycles. The highest BCUT2D eigenvalue weighted by Crippen LogP contribution is 2.32. The maximum absolute atomic E-state index is 5.49. The van der Waals surface area contributed by atoms with E-state index in [1.54, 1.807) is 18.9 Å². The molecule has 0 N–H and O–H groups in total. The molecule has 0 aliphatic heterocycles. The Bertz CT molecular complexity index is 1050. The minimum absolute atomic E-state index is 0.827. The average Bonchev–Trinajstić information content (AvgIpc) is 2.66. The van der Waals surface area contributed by atoms with Crippen molar-refractivity contribution in [2.24, 2.45) is 0 Å². The molecule has 4 rings (SSSR count). The van der Waals surface area contributed by atoms with Gasteiger partial charge in [-0.15, -0.1) is 11.8 Å². The molecule has 0 aliphatic rings. The molecule has 0 saturated heterocycles. The van der Waals surface area contributed by atoms with Crippen LogP contribution in [0.4, 0.5) is 0 Å². The Hall–Kier alpha value is -2.52. The van der Waals surface area contributed by atoms with Crippen LogP contribution in [0.15, 0.2) is 71.8 Å². The number of hydrogen-bond donors (Lipinski definition) is 0. The number of aryl methyl sites for hydroxylation is 1. The van der Waals surface area contributed by atoms with Crippen LogP contribution in [0.3, 0.4) is 0 Å². The van der Waals surface area contributed by atoms with Crippen LogP contribution in [0, 0.1) is 6.92 Å². The number of methoxy groups -OCH3 is 1. The monoisotopic (exact) mass is 345 g/mol. The fourth-order valence-corrected chi connectivity index (χ4v) is 4.14. The van der Waals surface area contributed by atoms with E-state index in [1.807, 2.05) is 12.1 Å². The normalized spacial score (nSPS) is 11.1. The van der Waals surface area contributed by atoms with Crippen LogP contribution in [-0.2, 0) is 5.75 Å². The van der Waals surface area contributed by atoms with Gasteiger partial charge >= 0.3 is 0 Å². The van der Waals surface area contributed by atoms with Crippen molar-refractivity contribution in [3.05, 3.63) is 77.9 Å². The lowest BCUT2D eigenvalue weighted by molar-refractivity contribution is 0.418. The largest absolute Gasteiger partial charge is 0.494 e. The van der Waals surface area contributed by atoms with Gasteiger partial charge in [0.25, 0.3) is 0 Å². The summed E-state index contributed by atoms with van der Waals surface area (Å²) in [5.41, 5.74) is 3.50. The standard InChI is InChI=1S/C22H19NOS/c1-15-13-21(23-22-18(15)11-6-12-20(22)24-2)25-14-17-9-5-8-16-7-3-4-10-19(16)17/h3-13H,14H2,1-2H3. The Kier molecular flexibility index (Phi) is 4.33. The minimum Gasteiger partial charge on any atom is -0.494 e. The topological polar surface area (TPSA) is 22.1 Å². The molecule has 0 atom stereocenters. The van der Waals surface area contributed by atoms with E-state index in [4.69, 9.17) is 9.72 Å². The molecular weight excluding hydrogens is 326 g/mol. The molecule has 0 radical (unpaired) electrons. The number of fused-ring (bicyclic) bond motifs is 2. The van der Waals surface area contributed by atoms with Gasteiger partial charge in [-0.05, 0) is 41.0 Å². The number of pyridine rings is 1. The fourth-order valence-electron chi connectivity index (χ4n) is 3.17. The van der Waals surface area contributed by atoms with E-state index in [2.05, 4.69) is 61.5 Å². The van der Waals surface area contributed by atoms with Crippen molar-refractivity contribution in [3.63, 3.8) is 0 Å². The zero-order valence-electron chi connectivity index (χ0n) is 14.3. The smallest absolute Gasteiger partial charge is 0.145 e. The molecule has 3 heteroatoms. The van der Waals surface area contributed by atoms with Crippen molar-refractivity contribution in [3.8, 4) is 5.75 Å². The van der Waals surface area contributed by atoms with Crippen LogP contribution >= 0.6 is 11.8 Å². The Morgan fingerprint density at radius 3 is 2.56 bits per heavy atom. The number of aromatic nitrogens is 1. The predicted molar refractivity (Wildman–Crippen MR) is 107 cm³/mol. The first-order valence-electron chi connectivity index (χ1n) is 8.30. The maximum Gasteiger partial charge on any atom is 0.145 e. The van der Waals surface area contributed by atoms with Gasteiger partial charge in [-0.25, -0.2) is 4.98 Å². The molecule has 25 heavy (non-hydrogen) atoms. The van der Waals surface area contributed by atoms with Crippen LogP contribution < -0.4 is 4.74 Å². The molecule has 3 aromatic carbocycles. The van der Waals surface area contributed by atoms with Gasteiger partial charge in [0.05, 0.1) is 12.1 Å². The van der Waals surface area contributed by atoms with Crippen molar-refractivity contribution >= 4 is 33.4 Å². The van der Waals surface area contributed by atoms with Gasteiger partial charge in [0.1, 0.15) is 11.3 Å². The second kappa shape index (κ2) is 6.77. The van der Waals surface area contributed by atoms with E-state index < -0.39 is 0 Å². The molecule has 0 amide bonds. The molecule has 4 aromatic rings. The molecular formula is C22H19NOS. The van der Waals surface area contributed by atoms with Crippen LogP contribution in [0.5, 0.6) is 5.75 Å². The summed E-state index contributed by atoms with van der Waals surface area (Å²) in [6.45, 7) is 2.13. The molecule has 0 saturated carbocycles. The van der Waals surface area contributed by atoms with E-state index in [1.165, 1.54) is 21.9 Å². The maximum atomic E-state index is 5.49. The summed E-state index contributed by atoms with van der Waals surface area (Å²) in [4.78, 5) is 4.84. The molecule has 2 nitrogen and oxygen atoms in total. The first-order valence-corrected chi connectivity index (χ1v) is 9.28. The SMILES string of the molecule is COc1cccc2c(C)cc(SCc3cccc4ccccc34)nc12. The van der Waals surface area contributed by atoms with Gasteiger partial charge in [-0.1, -0.05) is 54.6 Å². The molecule has 0 fully saturated rings. The number of hydrogen-bond acceptors (Lipinski definition) is 3. The Morgan fingerprint density at radius 1 is 0.920 bits per heavy atom. The molecule has 0 spiro atoms. The Labute approximate surface area is 151 Å². The number of rotatable bonds is 4. The van der Waals surface area contributed by atoms with Crippen molar-refractivity contribution in [2.75, 3.05) is 7.11 Å². The average molecular weight is 345 g/mol. The van der Waals surface area contributed by atoms with E-state index in [0.717, 1.165) is 27.4 Å². The first-order chi connectivity index (χ1) is 12.3. The van der Waals surface area contributed by atoms with Crippen LogP contribution in [0.1, 0.15) is 11.1 Å². The van der Waals surface area contributed by atoms with Crippen LogP contribution in [0.25, 0.3) is 21.7 Å². The summed E-state index contributed by atoms with van der Waals surface area (Å²) >= 11 is 1.77. The van der Waals surface area contributed by atoms with Crippen LogP contribution in [-0.4, -0.2) is 12.1 Å². The van der Waals surface area contributed by atoms with Gasteiger partial charge in [-0.3, -0.25) is 0 Å². The third kappa shape index (κ3) is 3.08. The molecule has 1 aromatic heterocycles. The first kappa shape index (κ1) is 16.0. The lowest BCUT2D eigenvalue weighted by Crippen LogP contribution is -1.92. The molecule has 1 heterocycles. The lowest BCUT2D eigenvalue weighted by atomic mass is 10.1. The second-order valence-electron chi connectivity index (χ2n) is 6.06. The molecule has 0 bridgehead atoms. The summed E-state index contributed by atoms with van der Waals surface area (Å²) in [5, 5.41) is 4.77. The van der Waals surface area contributed by atoms with Crippen molar-refractivity contribution in [1.29, 1.82) is 0 Å². The highest BCUT2D eigenvalue weighted by atomic mass is 32.2. The van der Waals surface area contributed by atoms with E-state index in [-0.39, 0.29) is 0 Å². The predicted octanol–water partition coefficient (Wildman–Crippen LogP) is 6.00. The van der Waals surface area contributed by atoms with Gasteiger partial charge in [-0.2, -0.15) is 0 Å². The summed E-state index contributed by atoms with van der Waals surface area (Å²) < 4.78 is 5.49. The second-order valence-corrected chi connectivity index (χ2v) is 7.06. The number of thioether (sulfide) groups is 1. The Balaban J connectivity index is 1.69. The van der Waals surface area contributed by atoms with Gasteiger partial charge in [0.2, 0.25) is 0 Å². The Morgan fingerprint density at radius 2 is 1.68 bits per heavy atom. The van der Waals surface area contributed by atoms with Gasteiger partial charge in [0.15, 0.2) is 0 Å². The fraction of sp³-hybridized carbons (Fsp3) is 0.136. The van der Waals surface area contributed by atoms with Gasteiger partial charge in [0, 0.05) is 11.1 Å². The molecule has 124 valence electrons. The highest BCUT2D eigenvalue weighted by Gasteiger charge is 2.09. The summed E-state index contributed by atoms with van der Waals surface area (Å²) in [6.07, 6.45) is 0. The summed E-state index contributed by atoms with van der Waals surface area (Å²) in [5.74, 6) is 1.72. The van der Waals surface area contributed by atoms with Crippen LogP contribution in [0.2, 0.25) is 0 Å². The number of para-hydroxylation sites is 1. The van der Waals surface area contributed by atoms with Crippen molar-refractivity contribution in [1.82, 2.24) is 4.98 Å². The van der Waals surface area contributed by atoms with E-state index in [0.29, 0.717) is 0 Å². The number of nitrogens with zero attached hydrogens (tertiary/aromatic N) is 1. The number of benzene rings is 3. The zero-order valence-corrected chi connectivity index (χ0v) is 15.1. The van der Waals surface area contributed by atoms with Crippen molar-refractivity contribution < 1.29 is 4.74 Å². The van der Waals surface area contributed by atoms with Gasteiger partial charge < -0.3 is 4.74 Å². The van der Waals surface area contributed by atoms with Crippen molar-refractivity contribution in [2.45, 2.75) is 17.7 Å². The quantitative estimate of drug-likeness (QED) is 0.424. The third-order valence-corrected chi connectivity index (χ3v) is 5.42. The lowest BCUT2D eigenvalue weighted by Gasteiger charge is -2.10. The summed E-state index contributed by atoms with van der Waals surface area (Å²) in [6, 6.07) is 23.3. The summed E-state index contributed by atoms with van der Waals surface area (Å²) in [7, 11) is 1.70. The number of ether oxygens (including phenoxy) is 1. The minimum atomic E-state index is 0.827. The highest BCUT2D eigenvalue weighted by molar-refractivity contribution is 7.98.